The predicted molar refractivity (Wildman–Crippen MR) is 59.5 cm³/mol. The van der Waals surface area contributed by atoms with Crippen molar-refractivity contribution in [2.45, 2.75) is 19.4 Å². The van der Waals surface area contributed by atoms with E-state index in [0.29, 0.717) is 11.6 Å². The molecule has 0 saturated carbocycles. The maximum absolute atomic E-state index is 13.5. The van der Waals surface area contributed by atoms with Gasteiger partial charge in [0.2, 0.25) is 0 Å². The molecule has 1 unspecified atom stereocenters. The second-order valence-corrected chi connectivity index (χ2v) is 4.11. The van der Waals surface area contributed by atoms with Crippen LogP contribution in [0.2, 0.25) is 5.02 Å². The highest BCUT2D eigenvalue weighted by Gasteiger charge is 2.25. The second-order valence-electron chi connectivity index (χ2n) is 3.68. The minimum atomic E-state index is -1.22. The highest BCUT2D eigenvalue weighted by atomic mass is 35.5. The number of hydrogen-bond donors (Lipinski definition) is 2. The molecule has 2 nitrogen and oxygen atoms in total. The number of nitrogens with one attached hydrogen (secondary N) is 1. The van der Waals surface area contributed by atoms with Crippen LogP contribution < -0.4 is 5.32 Å². The maximum atomic E-state index is 13.5. The first-order valence-corrected chi connectivity index (χ1v) is 5.24. The average molecular weight is 232 g/mol. The SMILES string of the molecule is CCNCC(C)(O)c1ccc(Cl)cc1F. The van der Waals surface area contributed by atoms with Crippen LogP contribution in [0, 0.1) is 5.82 Å². The van der Waals surface area contributed by atoms with Crippen molar-refractivity contribution in [3.8, 4) is 0 Å². The quantitative estimate of drug-likeness (QED) is 0.834. The van der Waals surface area contributed by atoms with Crippen molar-refractivity contribution in [2.75, 3.05) is 13.1 Å². The van der Waals surface area contributed by atoms with E-state index in [1.165, 1.54) is 12.1 Å². The molecule has 0 fully saturated rings. The smallest absolute Gasteiger partial charge is 0.130 e. The van der Waals surface area contributed by atoms with E-state index < -0.39 is 11.4 Å². The van der Waals surface area contributed by atoms with Crippen molar-refractivity contribution in [2.24, 2.45) is 0 Å². The van der Waals surface area contributed by atoms with E-state index >= 15 is 0 Å². The lowest BCUT2D eigenvalue weighted by Gasteiger charge is -2.24. The van der Waals surface area contributed by atoms with E-state index in [0.717, 1.165) is 6.54 Å². The van der Waals surface area contributed by atoms with Crippen LogP contribution in [0.5, 0.6) is 0 Å². The lowest BCUT2D eigenvalue weighted by atomic mass is 9.95. The van der Waals surface area contributed by atoms with E-state index in [2.05, 4.69) is 5.32 Å². The predicted octanol–water partition coefficient (Wildman–Crippen LogP) is 2.30. The van der Waals surface area contributed by atoms with E-state index in [4.69, 9.17) is 11.6 Å². The Bertz CT molecular complexity index is 341. The summed E-state index contributed by atoms with van der Waals surface area (Å²) in [5.41, 5.74) is -0.960. The molecule has 1 rings (SSSR count). The van der Waals surface area contributed by atoms with Crippen LogP contribution in [0.4, 0.5) is 4.39 Å². The fraction of sp³-hybridized carbons (Fsp3) is 0.455. The third kappa shape index (κ3) is 3.16. The molecule has 1 aromatic carbocycles. The molecule has 0 amide bonds. The lowest BCUT2D eigenvalue weighted by Crippen LogP contribution is -2.36. The fourth-order valence-electron chi connectivity index (χ4n) is 1.39. The van der Waals surface area contributed by atoms with Gasteiger partial charge in [0, 0.05) is 17.1 Å². The Balaban J connectivity index is 2.93. The summed E-state index contributed by atoms with van der Waals surface area (Å²) in [6.07, 6.45) is 0. The largest absolute Gasteiger partial charge is 0.384 e. The van der Waals surface area contributed by atoms with Crippen molar-refractivity contribution in [1.29, 1.82) is 0 Å². The van der Waals surface area contributed by atoms with Crippen LogP contribution in [0.1, 0.15) is 19.4 Å². The number of likely N-dealkylation sites (N-methyl/N-ethyl adjacent to an activating group) is 1. The van der Waals surface area contributed by atoms with Gasteiger partial charge in [-0.15, -0.1) is 0 Å². The number of aliphatic hydroxyl groups is 1. The summed E-state index contributed by atoms with van der Waals surface area (Å²) in [6.45, 7) is 4.53. The molecule has 15 heavy (non-hydrogen) atoms. The Hall–Kier alpha value is -0.640. The highest BCUT2D eigenvalue weighted by Crippen LogP contribution is 2.25. The van der Waals surface area contributed by atoms with E-state index in [-0.39, 0.29) is 5.56 Å². The van der Waals surface area contributed by atoms with Crippen LogP contribution in [-0.2, 0) is 5.60 Å². The molecule has 0 aliphatic rings. The van der Waals surface area contributed by atoms with Crippen molar-refractivity contribution in [3.05, 3.63) is 34.6 Å². The van der Waals surface area contributed by atoms with Gasteiger partial charge < -0.3 is 10.4 Å². The van der Waals surface area contributed by atoms with Gasteiger partial charge in [0.1, 0.15) is 11.4 Å². The Morgan fingerprint density at radius 3 is 2.73 bits per heavy atom. The third-order valence-electron chi connectivity index (χ3n) is 2.23. The molecule has 0 radical (unpaired) electrons. The Morgan fingerprint density at radius 1 is 1.53 bits per heavy atom. The zero-order valence-electron chi connectivity index (χ0n) is 8.85. The zero-order valence-corrected chi connectivity index (χ0v) is 9.61. The van der Waals surface area contributed by atoms with Crippen molar-refractivity contribution in [3.63, 3.8) is 0 Å². The summed E-state index contributed by atoms with van der Waals surface area (Å²) in [6, 6.07) is 4.28. The molecule has 0 aromatic heterocycles. The minimum absolute atomic E-state index is 0.257. The molecule has 1 atom stereocenters. The lowest BCUT2D eigenvalue weighted by molar-refractivity contribution is 0.0539. The molecule has 1 aromatic rings. The van der Waals surface area contributed by atoms with Gasteiger partial charge in [-0.1, -0.05) is 24.6 Å². The van der Waals surface area contributed by atoms with Crippen molar-refractivity contribution in [1.82, 2.24) is 5.32 Å². The summed E-state index contributed by atoms with van der Waals surface area (Å²) >= 11 is 5.63. The van der Waals surface area contributed by atoms with Crippen LogP contribution in [-0.4, -0.2) is 18.2 Å². The second kappa shape index (κ2) is 4.92. The summed E-state index contributed by atoms with van der Waals surface area (Å²) in [7, 11) is 0. The maximum Gasteiger partial charge on any atom is 0.130 e. The van der Waals surface area contributed by atoms with Gasteiger partial charge in [0.25, 0.3) is 0 Å². The molecule has 2 N–H and O–H groups in total. The first-order chi connectivity index (χ1) is 6.97. The first kappa shape index (κ1) is 12.4. The van der Waals surface area contributed by atoms with Gasteiger partial charge in [-0.25, -0.2) is 4.39 Å². The van der Waals surface area contributed by atoms with Crippen LogP contribution >= 0.6 is 11.6 Å². The molecule has 0 spiro atoms. The van der Waals surface area contributed by atoms with Gasteiger partial charge in [-0.2, -0.15) is 0 Å². The van der Waals surface area contributed by atoms with Crippen LogP contribution in [0.3, 0.4) is 0 Å². The van der Waals surface area contributed by atoms with E-state index in [9.17, 15) is 9.50 Å². The van der Waals surface area contributed by atoms with Crippen molar-refractivity contribution < 1.29 is 9.50 Å². The molecular formula is C11H15ClFNO. The molecule has 0 aliphatic heterocycles. The Labute approximate surface area is 94.1 Å². The topological polar surface area (TPSA) is 32.3 Å². The monoisotopic (exact) mass is 231 g/mol. The fourth-order valence-corrected chi connectivity index (χ4v) is 1.55. The van der Waals surface area contributed by atoms with Gasteiger partial charge in [-0.3, -0.25) is 0 Å². The zero-order chi connectivity index (χ0) is 11.5. The molecular weight excluding hydrogens is 217 g/mol. The van der Waals surface area contributed by atoms with Gasteiger partial charge in [0.05, 0.1) is 0 Å². The van der Waals surface area contributed by atoms with Crippen molar-refractivity contribution >= 4 is 11.6 Å². The average Bonchev–Trinajstić information content (AvgIpc) is 2.14. The highest BCUT2D eigenvalue weighted by molar-refractivity contribution is 6.30. The first-order valence-electron chi connectivity index (χ1n) is 4.86. The van der Waals surface area contributed by atoms with Crippen LogP contribution in [0.15, 0.2) is 18.2 Å². The molecule has 0 aliphatic carbocycles. The molecule has 4 heteroatoms. The number of hydrogen-bond acceptors (Lipinski definition) is 2. The van der Waals surface area contributed by atoms with Crippen LogP contribution in [0.25, 0.3) is 0 Å². The molecule has 0 saturated heterocycles. The molecule has 0 bridgehead atoms. The van der Waals surface area contributed by atoms with E-state index in [1.54, 1.807) is 13.0 Å². The molecule has 84 valence electrons. The van der Waals surface area contributed by atoms with Gasteiger partial charge >= 0.3 is 0 Å². The standard InChI is InChI=1S/C11H15ClFNO/c1-3-14-7-11(2,15)9-5-4-8(12)6-10(9)13/h4-6,14-15H,3,7H2,1-2H3. The van der Waals surface area contributed by atoms with E-state index in [1.807, 2.05) is 6.92 Å². The summed E-state index contributed by atoms with van der Waals surface area (Å²) in [5.74, 6) is -0.481. The third-order valence-corrected chi connectivity index (χ3v) is 2.47. The number of halogens is 2. The van der Waals surface area contributed by atoms with Gasteiger partial charge in [-0.05, 0) is 25.6 Å². The summed E-state index contributed by atoms with van der Waals surface area (Å²) in [5, 5.41) is 13.4. The minimum Gasteiger partial charge on any atom is -0.384 e. The Kier molecular flexibility index (Phi) is 4.08. The molecule has 0 heterocycles. The summed E-state index contributed by atoms with van der Waals surface area (Å²) in [4.78, 5) is 0. The number of rotatable bonds is 4. The number of benzene rings is 1. The normalized spacial score (nSPS) is 15.0. The van der Waals surface area contributed by atoms with Gasteiger partial charge in [0.15, 0.2) is 0 Å². The Morgan fingerprint density at radius 2 is 2.20 bits per heavy atom. The summed E-state index contributed by atoms with van der Waals surface area (Å²) < 4.78 is 13.5.